The molecule has 0 N–H and O–H groups in total. The highest BCUT2D eigenvalue weighted by molar-refractivity contribution is 6.70. The summed E-state index contributed by atoms with van der Waals surface area (Å²) in [6.07, 6.45) is 1.88. The second-order valence-electron chi connectivity index (χ2n) is 6.98. The van der Waals surface area contributed by atoms with Gasteiger partial charge >= 0.3 is 0 Å². The first kappa shape index (κ1) is 17.2. The molecule has 25 heavy (non-hydrogen) atoms. The fourth-order valence-electron chi connectivity index (χ4n) is 2.58. The minimum Gasteiger partial charge on any atom is -0.544 e. The number of nitrogens with zero attached hydrogens (tertiary/aromatic N) is 2. The largest absolute Gasteiger partial charge is 0.544 e. The minimum atomic E-state index is -1.62. The molecule has 0 aliphatic carbocycles. The first-order valence-corrected chi connectivity index (χ1v) is 11.7. The molecule has 3 rings (SSSR count). The van der Waals surface area contributed by atoms with Crippen molar-refractivity contribution in [3.8, 4) is 5.75 Å². The van der Waals surface area contributed by atoms with Crippen LogP contribution in [0.3, 0.4) is 0 Å². The van der Waals surface area contributed by atoms with Crippen molar-refractivity contribution in [1.82, 2.24) is 0 Å². The van der Waals surface area contributed by atoms with Crippen molar-refractivity contribution in [3.05, 3.63) is 65.7 Å². The van der Waals surface area contributed by atoms with E-state index in [0.717, 1.165) is 22.7 Å². The molecule has 0 saturated heterocycles. The molecule has 5 heteroatoms. The zero-order valence-corrected chi connectivity index (χ0v) is 16.0. The summed E-state index contributed by atoms with van der Waals surface area (Å²) >= 11 is 0. The van der Waals surface area contributed by atoms with Crippen LogP contribution in [0.4, 0.5) is 5.69 Å². The lowest BCUT2D eigenvalue weighted by atomic mass is 10.1. The number of rotatable bonds is 4. The van der Waals surface area contributed by atoms with Crippen molar-refractivity contribution in [2.45, 2.75) is 26.6 Å². The van der Waals surface area contributed by atoms with Crippen LogP contribution in [0.25, 0.3) is 6.08 Å². The summed E-state index contributed by atoms with van der Waals surface area (Å²) in [6.45, 7) is 8.31. The van der Waals surface area contributed by atoms with Crippen molar-refractivity contribution in [2.75, 3.05) is 5.01 Å². The molecular formula is C20H22N2O2Si. The Morgan fingerprint density at radius 3 is 2.24 bits per heavy atom. The van der Waals surface area contributed by atoms with Gasteiger partial charge in [0.2, 0.25) is 8.32 Å². The van der Waals surface area contributed by atoms with E-state index in [-0.39, 0.29) is 5.91 Å². The summed E-state index contributed by atoms with van der Waals surface area (Å²) in [5, 5.41) is 5.84. The third kappa shape index (κ3) is 4.06. The molecule has 0 fully saturated rings. The van der Waals surface area contributed by atoms with Crippen molar-refractivity contribution in [1.29, 1.82) is 0 Å². The van der Waals surface area contributed by atoms with Gasteiger partial charge in [0.1, 0.15) is 5.75 Å². The van der Waals surface area contributed by atoms with E-state index in [0.29, 0.717) is 5.57 Å². The Balaban J connectivity index is 1.82. The molecule has 2 aromatic rings. The molecule has 0 aromatic heterocycles. The van der Waals surface area contributed by atoms with E-state index in [2.05, 4.69) is 24.7 Å². The van der Waals surface area contributed by atoms with Gasteiger partial charge in [-0.25, -0.2) is 0 Å². The topological polar surface area (TPSA) is 41.9 Å². The van der Waals surface area contributed by atoms with Crippen LogP contribution in [-0.2, 0) is 4.79 Å². The smallest absolute Gasteiger partial charge is 0.280 e. The van der Waals surface area contributed by atoms with Crippen LogP contribution in [0, 0.1) is 0 Å². The van der Waals surface area contributed by atoms with E-state index < -0.39 is 8.32 Å². The van der Waals surface area contributed by atoms with Gasteiger partial charge in [-0.2, -0.15) is 10.1 Å². The predicted molar refractivity (Wildman–Crippen MR) is 105 cm³/mol. The van der Waals surface area contributed by atoms with Gasteiger partial charge in [0.25, 0.3) is 5.91 Å². The van der Waals surface area contributed by atoms with E-state index in [1.165, 1.54) is 5.01 Å². The van der Waals surface area contributed by atoms with Crippen LogP contribution in [0.15, 0.2) is 65.3 Å². The SMILES string of the molecule is CC1=NN(c2ccccc2)C(=O)C1=Cc1ccc(O[Si](C)(C)C)cc1. The fraction of sp³-hybridized carbons (Fsp3) is 0.200. The number of amides is 1. The number of hydrogen-bond acceptors (Lipinski definition) is 3. The van der Waals surface area contributed by atoms with Gasteiger partial charge < -0.3 is 4.43 Å². The minimum absolute atomic E-state index is 0.105. The Kier molecular flexibility index (Phi) is 4.59. The average molecular weight is 350 g/mol. The van der Waals surface area contributed by atoms with Crippen LogP contribution in [-0.4, -0.2) is 19.9 Å². The van der Waals surface area contributed by atoms with Gasteiger partial charge in [0.15, 0.2) is 0 Å². The number of benzene rings is 2. The Labute approximate surface area is 149 Å². The van der Waals surface area contributed by atoms with Crippen LogP contribution in [0.2, 0.25) is 19.6 Å². The summed E-state index contributed by atoms with van der Waals surface area (Å²) < 4.78 is 5.96. The Bertz CT molecular complexity index is 834. The van der Waals surface area contributed by atoms with Crippen molar-refractivity contribution in [3.63, 3.8) is 0 Å². The number of para-hydroxylation sites is 1. The number of hydrazone groups is 1. The van der Waals surface area contributed by atoms with Gasteiger partial charge in [0, 0.05) is 0 Å². The van der Waals surface area contributed by atoms with E-state index in [9.17, 15) is 4.79 Å². The van der Waals surface area contributed by atoms with Crippen LogP contribution in [0.5, 0.6) is 5.75 Å². The summed E-state index contributed by atoms with van der Waals surface area (Å²) in [6, 6.07) is 17.3. The molecule has 4 nitrogen and oxygen atoms in total. The third-order valence-corrected chi connectivity index (χ3v) is 4.53. The van der Waals surface area contributed by atoms with Gasteiger partial charge in [-0.1, -0.05) is 30.3 Å². The molecule has 2 aromatic carbocycles. The molecule has 0 atom stereocenters. The highest BCUT2D eigenvalue weighted by atomic mass is 28.4. The van der Waals surface area contributed by atoms with Crippen molar-refractivity contribution in [2.24, 2.45) is 5.10 Å². The summed E-state index contributed by atoms with van der Waals surface area (Å²) in [5.41, 5.74) is 3.06. The normalized spacial score (nSPS) is 16.3. The predicted octanol–water partition coefficient (Wildman–Crippen LogP) is 4.71. The maximum atomic E-state index is 12.7. The monoisotopic (exact) mass is 350 g/mol. The van der Waals surface area contributed by atoms with Gasteiger partial charge in [0.05, 0.1) is 17.0 Å². The maximum absolute atomic E-state index is 12.7. The van der Waals surface area contributed by atoms with Crippen molar-refractivity contribution >= 4 is 31.7 Å². The lowest BCUT2D eigenvalue weighted by Gasteiger charge is -2.19. The summed E-state index contributed by atoms with van der Waals surface area (Å²) in [4.78, 5) is 12.7. The number of carbonyl (C=O) groups is 1. The quantitative estimate of drug-likeness (QED) is 0.592. The lowest BCUT2D eigenvalue weighted by molar-refractivity contribution is -0.114. The van der Waals surface area contributed by atoms with Gasteiger partial charge in [-0.05, 0) is 62.5 Å². The van der Waals surface area contributed by atoms with Gasteiger partial charge in [-0.3, -0.25) is 4.79 Å². The van der Waals surface area contributed by atoms with E-state index in [4.69, 9.17) is 4.43 Å². The maximum Gasteiger partial charge on any atom is 0.280 e. The van der Waals surface area contributed by atoms with E-state index >= 15 is 0 Å². The van der Waals surface area contributed by atoms with Crippen LogP contribution < -0.4 is 9.43 Å². The first-order chi connectivity index (χ1) is 11.8. The average Bonchev–Trinajstić information content (AvgIpc) is 2.84. The van der Waals surface area contributed by atoms with Gasteiger partial charge in [-0.15, -0.1) is 0 Å². The molecule has 1 aliphatic rings. The highest BCUT2D eigenvalue weighted by Gasteiger charge is 2.28. The standard InChI is InChI=1S/C20H22N2O2Si/c1-15-19(20(23)22(21-15)17-8-6-5-7-9-17)14-16-10-12-18(13-11-16)24-25(2,3)4/h5-14H,1-4H3. The fourth-order valence-corrected chi connectivity index (χ4v) is 3.42. The van der Waals surface area contributed by atoms with Crippen LogP contribution in [0.1, 0.15) is 12.5 Å². The number of anilines is 1. The molecule has 1 heterocycles. The third-order valence-electron chi connectivity index (χ3n) is 3.68. The Hall–Kier alpha value is -2.66. The molecule has 0 saturated carbocycles. The first-order valence-electron chi connectivity index (χ1n) is 8.29. The van der Waals surface area contributed by atoms with Crippen LogP contribution >= 0.6 is 0 Å². The van der Waals surface area contributed by atoms with E-state index in [1.807, 2.05) is 67.6 Å². The molecule has 0 bridgehead atoms. The Morgan fingerprint density at radius 2 is 1.64 bits per heavy atom. The zero-order chi connectivity index (χ0) is 18.0. The summed E-state index contributed by atoms with van der Waals surface area (Å²) in [5.74, 6) is 0.765. The molecule has 1 aliphatic heterocycles. The zero-order valence-electron chi connectivity index (χ0n) is 15.0. The molecular weight excluding hydrogens is 328 g/mol. The van der Waals surface area contributed by atoms with E-state index in [1.54, 1.807) is 0 Å². The van der Waals surface area contributed by atoms with Crippen molar-refractivity contribution < 1.29 is 9.22 Å². The lowest BCUT2D eigenvalue weighted by Crippen LogP contribution is -2.29. The molecule has 1 amide bonds. The molecule has 0 unspecified atom stereocenters. The molecule has 0 radical (unpaired) electrons. The highest BCUT2D eigenvalue weighted by Crippen LogP contribution is 2.25. The number of carbonyl (C=O) groups excluding carboxylic acids is 1. The summed E-state index contributed by atoms with van der Waals surface area (Å²) in [7, 11) is -1.62. The molecule has 128 valence electrons. The Morgan fingerprint density at radius 1 is 1.00 bits per heavy atom. The second-order valence-corrected chi connectivity index (χ2v) is 11.4. The second kappa shape index (κ2) is 6.68. The molecule has 0 spiro atoms. The number of hydrogen-bond donors (Lipinski definition) is 0.